The zero-order valence-corrected chi connectivity index (χ0v) is 18.6. The smallest absolute Gasteiger partial charge is 0.238 e. The van der Waals surface area contributed by atoms with Crippen LogP contribution in [0.4, 0.5) is 0 Å². The quantitative estimate of drug-likeness (QED) is 0.610. The van der Waals surface area contributed by atoms with Gasteiger partial charge in [0.2, 0.25) is 10.0 Å². The lowest BCUT2D eigenvalue weighted by Gasteiger charge is -2.30. The molecule has 8 heteroatoms. The Hall–Kier alpha value is -2.55. The highest BCUT2D eigenvalue weighted by Gasteiger charge is 2.21. The van der Waals surface area contributed by atoms with Gasteiger partial charge in [0.1, 0.15) is 5.82 Å². The zero-order chi connectivity index (χ0) is 21.8. The second kappa shape index (κ2) is 9.30. The fourth-order valence-corrected chi connectivity index (χ4v) is 4.72. The summed E-state index contributed by atoms with van der Waals surface area (Å²) in [5.41, 5.74) is 1.90. The molecule has 0 radical (unpaired) electrons. The van der Waals surface area contributed by atoms with Gasteiger partial charge in [-0.15, -0.1) is 5.10 Å². The second-order valence-electron chi connectivity index (χ2n) is 8.26. The Labute approximate surface area is 184 Å². The monoisotopic (exact) mass is 439 g/mol. The van der Waals surface area contributed by atoms with Gasteiger partial charge in [-0.2, -0.15) is 0 Å². The van der Waals surface area contributed by atoms with E-state index in [1.807, 2.05) is 22.9 Å². The van der Waals surface area contributed by atoms with Gasteiger partial charge in [-0.3, -0.25) is 4.90 Å². The maximum atomic E-state index is 11.6. The number of aromatic nitrogens is 3. The van der Waals surface area contributed by atoms with Gasteiger partial charge < -0.3 is 0 Å². The molecule has 1 aliphatic rings. The van der Waals surface area contributed by atoms with E-state index >= 15 is 0 Å². The summed E-state index contributed by atoms with van der Waals surface area (Å²) in [6, 6.07) is 17.2. The molecule has 1 aromatic heterocycles. The maximum absolute atomic E-state index is 11.6. The predicted octanol–water partition coefficient (Wildman–Crippen LogP) is 3.27. The van der Waals surface area contributed by atoms with Crippen LogP contribution in [-0.4, -0.2) is 41.2 Å². The van der Waals surface area contributed by atoms with Crippen LogP contribution in [0.5, 0.6) is 0 Å². The van der Waals surface area contributed by atoms with Crippen molar-refractivity contribution in [3.8, 4) is 5.69 Å². The van der Waals surface area contributed by atoms with Crippen LogP contribution < -0.4 is 5.14 Å². The summed E-state index contributed by atoms with van der Waals surface area (Å²) in [5.74, 6) is 1.59. The average molecular weight is 440 g/mol. The minimum absolute atomic E-state index is 0.0817. The first-order chi connectivity index (χ1) is 14.9. The molecule has 0 amide bonds. The van der Waals surface area contributed by atoms with E-state index in [2.05, 4.69) is 24.1 Å². The molecule has 0 atom stereocenters. The molecule has 164 valence electrons. The molecule has 1 fully saturated rings. The summed E-state index contributed by atoms with van der Waals surface area (Å²) in [6.07, 6.45) is 6.98. The number of sulfonamides is 1. The number of primary sulfonamides is 1. The lowest BCUT2D eigenvalue weighted by Crippen LogP contribution is -2.33. The summed E-state index contributed by atoms with van der Waals surface area (Å²) in [5, 5.41) is 10.0. The molecule has 0 unspecified atom stereocenters. The topological polar surface area (TPSA) is 94.1 Å². The van der Waals surface area contributed by atoms with E-state index in [4.69, 9.17) is 15.2 Å². The van der Waals surface area contributed by atoms with Crippen molar-refractivity contribution >= 4 is 10.0 Å². The van der Waals surface area contributed by atoms with Gasteiger partial charge in [0, 0.05) is 12.5 Å². The van der Waals surface area contributed by atoms with Crippen molar-refractivity contribution in [1.29, 1.82) is 0 Å². The Bertz CT molecular complexity index is 1100. The maximum Gasteiger partial charge on any atom is 0.238 e. The van der Waals surface area contributed by atoms with Crippen LogP contribution >= 0.6 is 0 Å². The van der Waals surface area contributed by atoms with Crippen molar-refractivity contribution in [3.63, 3.8) is 0 Å². The first-order valence-electron chi connectivity index (χ1n) is 10.7. The van der Waals surface area contributed by atoms with Gasteiger partial charge in [-0.1, -0.05) is 49.6 Å². The van der Waals surface area contributed by atoms with Crippen molar-refractivity contribution < 1.29 is 8.42 Å². The number of hydrogen-bond donors (Lipinski definition) is 1. The number of hydrogen-bond acceptors (Lipinski definition) is 5. The molecule has 0 saturated heterocycles. The lowest BCUT2D eigenvalue weighted by molar-refractivity contribution is 0.181. The summed E-state index contributed by atoms with van der Waals surface area (Å²) in [6.45, 7) is 0.689. The van der Waals surface area contributed by atoms with Gasteiger partial charge in [-0.25, -0.2) is 23.2 Å². The van der Waals surface area contributed by atoms with E-state index in [1.165, 1.54) is 44.2 Å². The number of rotatable bonds is 7. The SMILES string of the molecule is CN(Cc1nc(Cc2ccccc2)n(-c2ccc(S(N)(=O)=O)cc2)n1)C1CCCCC1. The molecule has 1 aliphatic carbocycles. The van der Waals surface area contributed by atoms with E-state index in [9.17, 15) is 8.42 Å². The minimum atomic E-state index is -3.74. The van der Waals surface area contributed by atoms with Crippen LogP contribution in [0.15, 0.2) is 59.5 Å². The zero-order valence-electron chi connectivity index (χ0n) is 17.8. The Morgan fingerprint density at radius 3 is 2.35 bits per heavy atom. The highest BCUT2D eigenvalue weighted by molar-refractivity contribution is 7.89. The molecule has 2 aromatic carbocycles. The molecule has 0 aliphatic heterocycles. The van der Waals surface area contributed by atoms with Crippen LogP contribution in [0.25, 0.3) is 5.69 Å². The van der Waals surface area contributed by atoms with E-state index in [-0.39, 0.29) is 4.90 Å². The van der Waals surface area contributed by atoms with Gasteiger partial charge >= 0.3 is 0 Å². The highest BCUT2D eigenvalue weighted by atomic mass is 32.2. The predicted molar refractivity (Wildman–Crippen MR) is 120 cm³/mol. The van der Waals surface area contributed by atoms with Crippen molar-refractivity contribution in [3.05, 3.63) is 71.8 Å². The molecule has 7 nitrogen and oxygen atoms in total. The van der Waals surface area contributed by atoms with E-state index in [0.29, 0.717) is 19.0 Å². The van der Waals surface area contributed by atoms with Crippen molar-refractivity contribution in [2.75, 3.05) is 7.05 Å². The minimum Gasteiger partial charge on any atom is -0.296 e. The highest BCUT2D eigenvalue weighted by Crippen LogP contribution is 2.23. The van der Waals surface area contributed by atoms with Crippen LogP contribution in [0.1, 0.15) is 49.3 Å². The average Bonchev–Trinajstić information content (AvgIpc) is 3.16. The summed E-state index contributed by atoms with van der Waals surface area (Å²) in [7, 11) is -1.59. The summed E-state index contributed by atoms with van der Waals surface area (Å²) >= 11 is 0. The van der Waals surface area contributed by atoms with Crippen molar-refractivity contribution in [2.24, 2.45) is 5.14 Å². The molecule has 31 heavy (non-hydrogen) atoms. The largest absolute Gasteiger partial charge is 0.296 e. The Morgan fingerprint density at radius 1 is 1.03 bits per heavy atom. The standard InChI is InChI=1S/C23H29N5O2S/c1-27(19-10-6-3-7-11-19)17-22-25-23(16-18-8-4-2-5-9-18)28(26-22)20-12-14-21(15-13-20)31(24,29)30/h2,4-5,8-9,12-15,19H,3,6-7,10-11,16-17H2,1H3,(H2,24,29,30). The van der Waals surface area contributed by atoms with Crippen LogP contribution in [0.3, 0.4) is 0 Å². The van der Waals surface area contributed by atoms with Gasteiger partial charge in [-0.05, 0) is 49.7 Å². The molecular formula is C23H29N5O2S. The van der Waals surface area contributed by atoms with E-state index < -0.39 is 10.0 Å². The summed E-state index contributed by atoms with van der Waals surface area (Å²) < 4.78 is 25.0. The van der Waals surface area contributed by atoms with Gasteiger partial charge in [0.05, 0.1) is 17.1 Å². The second-order valence-corrected chi connectivity index (χ2v) is 9.83. The van der Waals surface area contributed by atoms with Gasteiger partial charge in [0.15, 0.2) is 5.82 Å². The number of benzene rings is 2. The first-order valence-corrected chi connectivity index (χ1v) is 12.3. The first kappa shape index (κ1) is 21.7. The van der Waals surface area contributed by atoms with Crippen molar-refractivity contribution in [1.82, 2.24) is 19.7 Å². The number of nitrogens with two attached hydrogens (primary N) is 1. The molecule has 1 heterocycles. The normalized spacial score (nSPS) is 15.5. The van der Waals surface area contributed by atoms with Crippen LogP contribution in [0.2, 0.25) is 0 Å². The molecule has 0 spiro atoms. The molecule has 4 rings (SSSR count). The van der Waals surface area contributed by atoms with Gasteiger partial charge in [0.25, 0.3) is 0 Å². The molecular weight excluding hydrogens is 410 g/mol. The Kier molecular flexibility index (Phi) is 6.50. The van der Waals surface area contributed by atoms with Crippen LogP contribution in [-0.2, 0) is 23.0 Å². The fraction of sp³-hybridized carbons (Fsp3) is 0.391. The molecule has 0 bridgehead atoms. The summed E-state index contributed by atoms with van der Waals surface area (Å²) in [4.78, 5) is 7.29. The molecule has 3 aromatic rings. The molecule has 1 saturated carbocycles. The van der Waals surface area contributed by atoms with E-state index in [0.717, 1.165) is 22.9 Å². The number of nitrogens with zero attached hydrogens (tertiary/aromatic N) is 4. The lowest BCUT2D eigenvalue weighted by atomic mass is 9.94. The van der Waals surface area contributed by atoms with E-state index in [1.54, 1.807) is 12.1 Å². The molecule has 2 N–H and O–H groups in total. The Balaban J connectivity index is 1.63. The fourth-order valence-electron chi connectivity index (χ4n) is 4.21. The van der Waals surface area contributed by atoms with Crippen molar-refractivity contribution in [2.45, 2.75) is 56.0 Å². The Morgan fingerprint density at radius 2 is 1.71 bits per heavy atom. The third-order valence-corrected chi connectivity index (χ3v) is 6.85. The van der Waals surface area contributed by atoms with Crippen LogP contribution in [0, 0.1) is 0 Å². The third-order valence-electron chi connectivity index (χ3n) is 5.92. The third kappa shape index (κ3) is 5.39.